The number of nitrogens with one attached hydrogen (secondary N) is 1. The zero-order valence-electron chi connectivity index (χ0n) is 10.1. The van der Waals surface area contributed by atoms with Crippen LogP contribution in [0.1, 0.15) is 20.9 Å². The lowest BCUT2D eigenvalue weighted by atomic mass is 10.2. The molecule has 0 saturated carbocycles. The van der Waals surface area contributed by atoms with Gasteiger partial charge >= 0.3 is 0 Å². The van der Waals surface area contributed by atoms with E-state index in [1.165, 1.54) is 20.9 Å². The number of benzene rings is 1. The van der Waals surface area contributed by atoms with Crippen molar-refractivity contribution < 1.29 is 0 Å². The van der Waals surface area contributed by atoms with E-state index in [1.54, 1.807) is 0 Å². The van der Waals surface area contributed by atoms with Crippen molar-refractivity contribution in [3.05, 3.63) is 56.2 Å². The Hall–Kier alpha value is -0.830. The summed E-state index contributed by atoms with van der Waals surface area (Å²) in [7, 11) is 0. The van der Waals surface area contributed by atoms with Gasteiger partial charge in [0.2, 0.25) is 0 Å². The Kier molecular flexibility index (Phi) is 4.21. The van der Waals surface area contributed by atoms with Crippen LogP contribution in [0.4, 0.5) is 0 Å². The molecule has 0 radical (unpaired) electrons. The molecule has 17 heavy (non-hydrogen) atoms. The van der Waals surface area contributed by atoms with Gasteiger partial charge in [-0.05, 0) is 43.2 Å². The van der Waals surface area contributed by atoms with Crippen LogP contribution in [0, 0.1) is 13.8 Å². The topological polar surface area (TPSA) is 12.0 Å². The minimum atomic E-state index is 0.798. The van der Waals surface area contributed by atoms with Gasteiger partial charge in [0.05, 0.1) is 0 Å². The first kappa shape index (κ1) is 12.6. The Bertz CT molecular complexity index is 485. The standard InChI is InChI=1S/C14H16ClNS/c1-10-6-14(17-11(10)2)9-16-8-12-4-3-5-13(15)7-12/h3-7,16H,8-9H2,1-2H3. The predicted octanol–water partition coefficient (Wildman–Crippen LogP) is 4.31. The molecule has 1 heterocycles. The molecular formula is C14H16ClNS. The summed E-state index contributed by atoms with van der Waals surface area (Å²) in [6.07, 6.45) is 0. The molecule has 2 rings (SSSR count). The highest BCUT2D eigenvalue weighted by atomic mass is 35.5. The average Bonchev–Trinajstić information content (AvgIpc) is 2.58. The molecular weight excluding hydrogens is 250 g/mol. The maximum Gasteiger partial charge on any atom is 0.0409 e. The number of thiophene rings is 1. The number of hydrogen-bond donors (Lipinski definition) is 1. The van der Waals surface area contributed by atoms with Crippen LogP contribution in [0.15, 0.2) is 30.3 Å². The maximum absolute atomic E-state index is 5.94. The summed E-state index contributed by atoms with van der Waals surface area (Å²) in [5.41, 5.74) is 2.61. The van der Waals surface area contributed by atoms with Crippen LogP contribution >= 0.6 is 22.9 Å². The Balaban J connectivity index is 1.87. The molecule has 0 saturated heterocycles. The highest BCUT2D eigenvalue weighted by Gasteiger charge is 2.01. The van der Waals surface area contributed by atoms with Crippen molar-refractivity contribution in [2.24, 2.45) is 0 Å². The van der Waals surface area contributed by atoms with E-state index in [4.69, 9.17) is 11.6 Å². The molecule has 0 atom stereocenters. The molecule has 1 aromatic heterocycles. The molecule has 0 unspecified atom stereocenters. The van der Waals surface area contributed by atoms with E-state index >= 15 is 0 Å². The van der Waals surface area contributed by atoms with Gasteiger partial charge in [-0.1, -0.05) is 23.7 Å². The molecule has 90 valence electrons. The highest BCUT2D eigenvalue weighted by Crippen LogP contribution is 2.20. The van der Waals surface area contributed by atoms with Crippen molar-refractivity contribution in [3.63, 3.8) is 0 Å². The van der Waals surface area contributed by atoms with Gasteiger partial charge in [0.25, 0.3) is 0 Å². The first-order valence-electron chi connectivity index (χ1n) is 5.66. The third-order valence-corrected chi connectivity index (χ3v) is 4.12. The molecule has 0 aliphatic carbocycles. The van der Waals surface area contributed by atoms with E-state index in [0.717, 1.165) is 18.1 Å². The largest absolute Gasteiger partial charge is 0.308 e. The van der Waals surface area contributed by atoms with E-state index < -0.39 is 0 Å². The Morgan fingerprint density at radius 1 is 1.18 bits per heavy atom. The summed E-state index contributed by atoms with van der Waals surface area (Å²) in [5.74, 6) is 0. The van der Waals surface area contributed by atoms with E-state index in [2.05, 4.69) is 31.3 Å². The summed E-state index contributed by atoms with van der Waals surface area (Å²) >= 11 is 7.80. The Labute approximate surface area is 111 Å². The minimum Gasteiger partial charge on any atom is -0.308 e. The first-order chi connectivity index (χ1) is 8.15. The number of rotatable bonds is 4. The van der Waals surface area contributed by atoms with Gasteiger partial charge in [-0.3, -0.25) is 0 Å². The van der Waals surface area contributed by atoms with E-state index in [9.17, 15) is 0 Å². The highest BCUT2D eigenvalue weighted by molar-refractivity contribution is 7.12. The summed E-state index contributed by atoms with van der Waals surface area (Å²) in [6, 6.07) is 10.2. The van der Waals surface area contributed by atoms with E-state index in [0.29, 0.717) is 0 Å². The fourth-order valence-electron chi connectivity index (χ4n) is 1.71. The van der Waals surface area contributed by atoms with Crippen molar-refractivity contribution in [3.8, 4) is 0 Å². The molecule has 1 nitrogen and oxygen atoms in total. The quantitative estimate of drug-likeness (QED) is 0.869. The molecule has 1 N–H and O–H groups in total. The zero-order valence-corrected chi connectivity index (χ0v) is 11.7. The molecule has 0 bridgehead atoms. The van der Waals surface area contributed by atoms with Gasteiger partial charge in [0.1, 0.15) is 0 Å². The van der Waals surface area contributed by atoms with Gasteiger partial charge in [0, 0.05) is 27.9 Å². The average molecular weight is 266 g/mol. The smallest absolute Gasteiger partial charge is 0.0409 e. The lowest BCUT2D eigenvalue weighted by Gasteiger charge is -2.03. The fourth-order valence-corrected chi connectivity index (χ4v) is 2.95. The lowest BCUT2D eigenvalue weighted by molar-refractivity contribution is 0.701. The Morgan fingerprint density at radius 2 is 2.00 bits per heavy atom. The molecule has 0 aliphatic rings. The first-order valence-corrected chi connectivity index (χ1v) is 6.85. The van der Waals surface area contributed by atoms with E-state index in [1.807, 2.05) is 29.5 Å². The van der Waals surface area contributed by atoms with Gasteiger partial charge < -0.3 is 5.32 Å². The van der Waals surface area contributed by atoms with Crippen LogP contribution in [0.25, 0.3) is 0 Å². The second-order valence-corrected chi connectivity index (χ2v) is 5.96. The van der Waals surface area contributed by atoms with Crippen LogP contribution in [0.3, 0.4) is 0 Å². The molecule has 1 aromatic carbocycles. The third kappa shape index (κ3) is 3.56. The summed E-state index contributed by atoms with van der Waals surface area (Å²) < 4.78 is 0. The summed E-state index contributed by atoms with van der Waals surface area (Å²) in [5, 5.41) is 4.24. The van der Waals surface area contributed by atoms with Gasteiger partial charge in [0.15, 0.2) is 0 Å². The third-order valence-electron chi connectivity index (χ3n) is 2.73. The molecule has 0 aliphatic heterocycles. The van der Waals surface area contributed by atoms with Crippen LogP contribution in [-0.4, -0.2) is 0 Å². The summed E-state index contributed by atoms with van der Waals surface area (Å²) in [4.78, 5) is 2.80. The number of aryl methyl sites for hydroxylation is 2. The second kappa shape index (κ2) is 5.67. The maximum atomic E-state index is 5.94. The zero-order chi connectivity index (χ0) is 12.3. The fraction of sp³-hybridized carbons (Fsp3) is 0.286. The van der Waals surface area contributed by atoms with Gasteiger partial charge in [-0.2, -0.15) is 0 Å². The van der Waals surface area contributed by atoms with Crippen LogP contribution < -0.4 is 5.32 Å². The summed E-state index contributed by atoms with van der Waals surface area (Å²) in [6.45, 7) is 6.11. The SMILES string of the molecule is Cc1cc(CNCc2cccc(Cl)c2)sc1C. The normalized spacial score (nSPS) is 10.8. The molecule has 2 aromatic rings. The van der Waals surface area contributed by atoms with Gasteiger partial charge in [-0.25, -0.2) is 0 Å². The molecule has 0 fully saturated rings. The van der Waals surface area contributed by atoms with Crippen molar-refractivity contribution in [2.75, 3.05) is 0 Å². The Morgan fingerprint density at radius 3 is 2.65 bits per heavy atom. The predicted molar refractivity (Wildman–Crippen MR) is 75.8 cm³/mol. The van der Waals surface area contributed by atoms with Crippen LogP contribution in [0.2, 0.25) is 5.02 Å². The monoisotopic (exact) mass is 265 g/mol. The number of hydrogen-bond acceptors (Lipinski definition) is 2. The molecule has 0 spiro atoms. The van der Waals surface area contributed by atoms with Crippen molar-refractivity contribution in [1.29, 1.82) is 0 Å². The molecule has 0 amide bonds. The number of halogens is 1. The van der Waals surface area contributed by atoms with Gasteiger partial charge in [-0.15, -0.1) is 11.3 Å². The van der Waals surface area contributed by atoms with E-state index in [-0.39, 0.29) is 0 Å². The lowest BCUT2D eigenvalue weighted by Crippen LogP contribution is -2.11. The van der Waals surface area contributed by atoms with Crippen molar-refractivity contribution in [1.82, 2.24) is 5.32 Å². The van der Waals surface area contributed by atoms with Crippen molar-refractivity contribution >= 4 is 22.9 Å². The van der Waals surface area contributed by atoms with Crippen LogP contribution in [0.5, 0.6) is 0 Å². The minimum absolute atomic E-state index is 0.798. The second-order valence-electron chi connectivity index (χ2n) is 4.19. The van der Waals surface area contributed by atoms with Crippen molar-refractivity contribution in [2.45, 2.75) is 26.9 Å². The molecule has 3 heteroatoms. The van der Waals surface area contributed by atoms with Crippen LogP contribution in [-0.2, 0) is 13.1 Å².